The molecule has 128 valence electrons. The van der Waals surface area contributed by atoms with E-state index in [2.05, 4.69) is 16.8 Å². The molecule has 24 heavy (non-hydrogen) atoms. The van der Waals surface area contributed by atoms with Gasteiger partial charge < -0.3 is 15.1 Å². The van der Waals surface area contributed by atoms with Crippen molar-refractivity contribution in [2.75, 3.05) is 39.8 Å². The van der Waals surface area contributed by atoms with E-state index in [-0.39, 0.29) is 0 Å². The van der Waals surface area contributed by atoms with Crippen molar-refractivity contribution in [1.29, 1.82) is 0 Å². The van der Waals surface area contributed by atoms with Gasteiger partial charge in [-0.25, -0.2) is 0 Å². The second-order valence-corrected chi connectivity index (χ2v) is 6.62. The Hall–Kier alpha value is -1.72. The Morgan fingerprint density at radius 1 is 0.875 bits per heavy atom. The number of hydrogen-bond acceptors (Lipinski definition) is 4. The zero-order chi connectivity index (χ0) is 17.0. The number of benzene rings is 2. The Labute approximate surface area is 144 Å². The molecule has 1 atom stereocenters. The quantitative estimate of drug-likeness (QED) is 0.875. The van der Waals surface area contributed by atoms with Crippen LogP contribution >= 0.6 is 0 Å². The van der Waals surface area contributed by atoms with Crippen LogP contribution in [0.2, 0.25) is 0 Å². The molecule has 0 spiro atoms. The Bertz CT molecular complexity index is 585. The van der Waals surface area contributed by atoms with E-state index in [1.165, 1.54) is 0 Å². The third-order valence-corrected chi connectivity index (χ3v) is 4.94. The molecule has 2 aromatic carbocycles. The first kappa shape index (κ1) is 17.1. The second kappa shape index (κ2) is 7.45. The van der Waals surface area contributed by atoms with Gasteiger partial charge in [-0.2, -0.15) is 0 Å². The van der Waals surface area contributed by atoms with Crippen LogP contribution in [-0.4, -0.2) is 65.9 Å². The van der Waals surface area contributed by atoms with E-state index in [1.54, 1.807) is 0 Å². The van der Waals surface area contributed by atoms with E-state index in [1.807, 2.05) is 60.7 Å². The van der Waals surface area contributed by atoms with Crippen molar-refractivity contribution in [3.05, 3.63) is 71.8 Å². The summed E-state index contributed by atoms with van der Waals surface area (Å²) in [4.78, 5) is 4.50. The van der Waals surface area contributed by atoms with Crippen molar-refractivity contribution in [3.63, 3.8) is 0 Å². The molecule has 1 aliphatic heterocycles. The molecule has 2 N–H and O–H groups in total. The van der Waals surface area contributed by atoms with Crippen LogP contribution in [0.3, 0.4) is 0 Å². The van der Waals surface area contributed by atoms with Gasteiger partial charge in [0.05, 0.1) is 0 Å². The molecule has 0 amide bonds. The van der Waals surface area contributed by atoms with E-state index in [4.69, 9.17) is 0 Å². The van der Waals surface area contributed by atoms with Gasteiger partial charge in [-0.3, -0.25) is 4.90 Å². The first-order valence-corrected chi connectivity index (χ1v) is 8.53. The first-order valence-electron chi connectivity index (χ1n) is 8.53. The molecule has 1 heterocycles. The minimum atomic E-state index is -1.41. The first-order chi connectivity index (χ1) is 11.6. The lowest BCUT2D eigenvalue weighted by Crippen LogP contribution is -2.52. The zero-order valence-electron chi connectivity index (χ0n) is 14.2. The summed E-state index contributed by atoms with van der Waals surface area (Å²) in [5, 5.41) is 22.5. The van der Waals surface area contributed by atoms with Crippen molar-refractivity contribution in [3.8, 4) is 0 Å². The fourth-order valence-corrected chi connectivity index (χ4v) is 3.34. The minimum Gasteiger partial charge on any atom is -0.388 e. The van der Waals surface area contributed by atoms with Crippen molar-refractivity contribution in [2.24, 2.45) is 0 Å². The fraction of sp³-hybridized carbons (Fsp3) is 0.400. The van der Waals surface area contributed by atoms with Crippen molar-refractivity contribution in [1.82, 2.24) is 9.80 Å². The third-order valence-electron chi connectivity index (χ3n) is 4.94. The Morgan fingerprint density at radius 3 is 1.79 bits per heavy atom. The van der Waals surface area contributed by atoms with E-state index in [0.717, 1.165) is 37.3 Å². The fourth-order valence-electron chi connectivity index (χ4n) is 3.34. The molecule has 4 nitrogen and oxygen atoms in total. The van der Waals surface area contributed by atoms with Gasteiger partial charge in [0.1, 0.15) is 11.7 Å². The van der Waals surface area contributed by atoms with E-state index >= 15 is 0 Å². The van der Waals surface area contributed by atoms with Crippen LogP contribution in [0.4, 0.5) is 0 Å². The largest absolute Gasteiger partial charge is 0.388 e. The molecule has 0 aromatic heterocycles. The van der Waals surface area contributed by atoms with Crippen LogP contribution in [0.1, 0.15) is 11.1 Å². The maximum absolute atomic E-state index is 11.5. The van der Waals surface area contributed by atoms with Gasteiger partial charge in [0.2, 0.25) is 0 Å². The van der Waals surface area contributed by atoms with Crippen LogP contribution < -0.4 is 0 Å². The molecule has 0 aliphatic carbocycles. The van der Waals surface area contributed by atoms with Crippen LogP contribution in [0.15, 0.2) is 60.7 Å². The van der Waals surface area contributed by atoms with Gasteiger partial charge in [-0.15, -0.1) is 0 Å². The number of hydrogen-bond donors (Lipinski definition) is 2. The minimum absolute atomic E-state index is 0.453. The normalized spacial score (nSPS) is 18.5. The highest BCUT2D eigenvalue weighted by Crippen LogP contribution is 2.33. The highest BCUT2D eigenvalue weighted by Gasteiger charge is 2.40. The van der Waals surface area contributed by atoms with Crippen LogP contribution in [-0.2, 0) is 5.60 Å². The Morgan fingerprint density at radius 2 is 1.33 bits per heavy atom. The summed E-state index contributed by atoms with van der Waals surface area (Å²) in [5.74, 6) is 0. The number of aliphatic hydroxyl groups is 2. The van der Waals surface area contributed by atoms with Crippen LogP contribution in [0, 0.1) is 0 Å². The van der Waals surface area contributed by atoms with E-state index in [9.17, 15) is 10.2 Å². The molecule has 4 heteroatoms. The van der Waals surface area contributed by atoms with Crippen LogP contribution in [0.5, 0.6) is 0 Å². The number of piperazine rings is 1. The lowest BCUT2D eigenvalue weighted by Gasteiger charge is -2.39. The van der Waals surface area contributed by atoms with E-state index in [0.29, 0.717) is 6.54 Å². The molecule has 0 saturated carbocycles. The monoisotopic (exact) mass is 326 g/mol. The van der Waals surface area contributed by atoms with Gasteiger partial charge >= 0.3 is 0 Å². The molecular formula is C20H26N2O2. The number of likely N-dealkylation sites (N-methyl/N-ethyl adjacent to an activating group) is 1. The Kier molecular flexibility index (Phi) is 5.31. The summed E-state index contributed by atoms with van der Waals surface area (Å²) in [6.45, 7) is 4.25. The molecule has 1 fully saturated rings. The average Bonchev–Trinajstić information content (AvgIpc) is 2.64. The lowest BCUT2D eigenvalue weighted by molar-refractivity contribution is -0.0671. The number of nitrogens with zero attached hydrogens (tertiary/aromatic N) is 2. The lowest BCUT2D eigenvalue weighted by atomic mass is 9.81. The summed E-state index contributed by atoms with van der Waals surface area (Å²) in [6.07, 6.45) is -0.897. The maximum atomic E-state index is 11.5. The van der Waals surface area contributed by atoms with E-state index < -0.39 is 11.7 Å². The van der Waals surface area contributed by atoms with Gasteiger partial charge in [0.15, 0.2) is 0 Å². The predicted molar refractivity (Wildman–Crippen MR) is 95.8 cm³/mol. The molecule has 1 saturated heterocycles. The van der Waals surface area contributed by atoms with Crippen molar-refractivity contribution >= 4 is 0 Å². The predicted octanol–water partition coefficient (Wildman–Crippen LogP) is 1.53. The molecule has 0 radical (unpaired) electrons. The molecule has 3 rings (SSSR count). The standard InChI is InChI=1S/C20H26N2O2/c1-21-12-14-22(15-13-21)16-19(23)20(24,17-8-4-2-5-9-17)18-10-6-3-7-11-18/h2-11,19,23-24H,12-16H2,1H3. The average molecular weight is 326 g/mol. The zero-order valence-corrected chi connectivity index (χ0v) is 14.2. The van der Waals surface area contributed by atoms with Gasteiger partial charge in [-0.1, -0.05) is 60.7 Å². The molecule has 1 unspecified atom stereocenters. The molecule has 2 aromatic rings. The summed E-state index contributed by atoms with van der Waals surface area (Å²) in [5.41, 5.74) is 0.0296. The molecular weight excluding hydrogens is 300 g/mol. The van der Waals surface area contributed by atoms with Gasteiger partial charge in [0, 0.05) is 32.7 Å². The summed E-state index contributed by atoms with van der Waals surface area (Å²) >= 11 is 0. The molecule has 0 bridgehead atoms. The third kappa shape index (κ3) is 3.52. The van der Waals surface area contributed by atoms with Crippen molar-refractivity contribution in [2.45, 2.75) is 11.7 Å². The second-order valence-electron chi connectivity index (χ2n) is 6.62. The van der Waals surface area contributed by atoms with Gasteiger partial charge in [-0.05, 0) is 18.2 Å². The summed E-state index contributed by atoms with van der Waals surface area (Å²) in [6, 6.07) is 18.9. The highest BCUT2D eigenvalue weighted by molar-refractivity contribution is 5.37. The summed E-state index contributed by atoms with van der Waals surface area (Å²) in [7, 11) is 2.11. The SMILES string of the molecule is CN1CCN(CC(O)C(O)(c2ccccc2)c2ccccc2)CC1. The summed E-state index contributed by atoms with van der Waals surface area (Å²) < 4.78 is 0. The van der Waals surface area contributed by atoms with Crippen molar-refractivity contribution < 1.29 is 10.2 Å². The number of β-amino-alcohol motifs (C(OH)–C–C–N with tert-alkyl or cyclic N) is 1. The topological polar surface area (TPSA) is 46.9 Å². The van der Waals surface area contributed by atoms with Crippen LogP contribution in [0.25, 0.3) is 0 Å². The number of rotatable bonds is 5. The highest BCUT2D eigenvalue weighted by atomic mass is 16.3. The maximum Gasteiger partial charge on any atom is 0.142 e. The smallest absolute Gasteiger partial charge is 0.142 e. The molecule has 1 aliphatic rings. The van der Waals surface area contributed by atoms with Gasteiger partial charge in [0.25, 0.3) is 0 Å². The Balaban J connectivity index is 1.87. The number of aliphatic hydroxyl groups excluding tert-OH is 1.